The molecule has 1 aliphatic heterocycles. The number of hydrogen-bond donors (Lipinski definition) is 3. The lowest BCUT2D eigenvalue weighted by atomic mass is 10.1. The summed E-state index contributed by atoms with van der Waals surface area (Å²) in [4.78, 5) is 25.3. The summed E-state index contributed by atoms with van der Waals surface area (Å²) in [5.74, 6) is -1.34. The fourth-order valence-corrected chi connectivity index (χ4v) is 2.34. The molecule has 0 aromatic heterocycles. The van der Waals surface area contributed by atoms with Crippen molar-refractivity contribution in [1.82, 2.24) is 15.5 Å². The van der Waals surface area contributed by atoms with Crippen LogP contribution in [0.2, 0.25) is 0 Å². The average Bonchev–Trinajstić information content (AvgIpc) is 2.49. The van der Waals surface area contributed by atoms with E-state index in [4.69, 9.17) is 0 Å². The lowest BCUT2D eigenvalue weighted by molar-refractivity contribution is -0.114. The van der Waals surface area contributed by atoms with Crippen molar-refractivity contribution in [3.05, 3.63) is 29.6 Å². The normalized spacial score (nSPS) is 15.4. The summed E-state index contributed by atoms with van der Waals surface area (Å²) in [5, 5.41) is 8.50. The SMILES string of the molecule is CC(=O)Nc1ccc(F)c(C(=O)NCCN2CCNCC2)c1. The number of halogens is 1. The van der Waals surface area contributed by atoms with Crippen LogP contribution in [0.1, 0.15) is 17.3 Å². The van der Waals surface area contributed by atoms with Gasteiger partial charge in [0.25, 0.3) is 5.91 Å². The summed E-state index contributed by atoms with van der Waals surface area (Å²) in [6.07, 6.45) is 0. The molecule has 0 radical (unpaired) electrons. The summed E-state index contributed by atoms with van der Waals surface area (Å²) in [6.45, 7) is 6.34. The molecule has 1 fully saturated rings. The standard InChI is InChI=1S/C15H21FN4O2/c1-11(21)19-12-2-3-14(16)13(10-12)15(22)18-6-9-20-7-4-17-5-8-20/h2-3,10,17H,4-9H2,1H3,(H,18,22)(H,19,21). The zero-order valence-corrected chi connectivity index (χ0v) is 12.6. The molecule has 0 aliphatic carbocycles. The van der Waals surface area contributed by atoms with E-state index in [0.29, 0.717) is 12.2 Å². The predicted molar refractivity (Wildman–Crippen MR) is 82.3 cm³/mol. The maximum atomic E-state index is 13.7. The minimum atomic E-state index is -0.603. The van der Waals surface area contributed by atoms with Gasteiger partial charge in [-0.25, -0.2) is 4.39 Å². The van der Waals surface area contributed by atoms with Crippen LogP contribution in [0.15, 0.2) is 18.2 Å². The number of carbonyl (C=O) groups excluding carboxylic acids is 2. The van der Waals surface area contributed by atoms with Crippen LogP contribution in [0.5, 0.6) is 0 Å². The van der Waals surface area contributed by atoms with E-state index in [1.807, 2.05) is 0 Å². The van der Waals surface area contributed by atoms with Gasteiger partial charge in [0.1, 0.15) is 5.82 Å². The van der Waals surface area contributed by atoms with E-state index in [-0.39, 0.29) is 11.5 Å². The van der Waals surface area contributed by atoms with Crippen LogP contribution in [-0.4, -0.2) is 56.0 Å². The van der Waals surface area contributed by atoms with E-state index in [9.17, 15) is 14.0 Å². The highest BCUT2D eigenvalue weighted by Crippen LogP contribution is 2.14. The van der Waals surface area contributed by atoms with Gasteiger partial charge in [-0.3, -0.25) is 14.5 Å². The molecule has 120 valence electrons. The maximum absolute atomic E-state index is 13.7. The van der Waals surface area contributed by atoms with Gasteiger partial charge in [-0.2, -0.15) is 0 Å². The predicted octanol–water partition coefficient (Wildman–Crippen LogP) is 0.419. The molecule has 0 unspecified atom stereocenters. The minimum Gasteiger partial charge on any atom is -0.351 e. The molecule has 6 nitrogen and oxygen atoms in total. The number of benzene rings is 1. The number of nitrogens with zero attached hydrogens (tertiary/aromatic N) is 1. The third kappa shape index (κ3) is 4.78. The van der Waals surface area contributed by atoms with E-state index in [1.165, 1.54) is 25.1 Å². The highest BCUT2D eigenvalue weighted by atomic mass is 19.1. The third-order valence-electron chi connectivity index (χ3n) is 3.45. The van der Waals surface area contributed by atoms with E-state index < -0.39 is 11.7 Å². The number of amides is 2. The van der Waals surface area contributed by atoms with Crippen LogP contribution in [0.3, 0.4) is 0 Å². The van der Waals surface area contributed by atoms with Crippen molar-refractivity contribution in [3.8, 4) is 0 Å². The second kappa shape index (κ2) is 7.86. The molecule has 1 aliphatic rings. The number of anilines is 1. The molecular weight excluding hydrogens is 287 g/mol. The van der Waals surface area contributed by atoms with Crippen molar-refractivity contribution in [2.75, 3.05) is 44.6 Å². The fraction of sp³-hybridized carbons (Fsp3) is 0.467. The van der Waals surface area contributed by atoms with Gasteiger partial charge >= 0.3 is 0 Å². The van der Waals surface area contributed by atoms with Crippen LogP contribution in [0.4, 0.5) is 10.1 Å². The number of hydrogen-bond acceptors (Lipinski definition) is 4. The molecule has 2 amide bonds. The Hall–Kier alpha value is -1.99. The molecule has 1 aromatic carbocycles. The molecule has 2 rings (SSSR count). The first-order valence-corrected chi connectivity index (χ1v) is 7.34. The largest absolute Gasteiger partial charge is 0.351 e. The summed E-state index contributed by atoms with van der Waals surface area (Å²) >= 11 is 0. The van der Waals surface area contributed by atoms with E-state index in [1.54, 1.807) is 0 Å². The van der Waals surface area contributed by atoms with Gasteiger partial charge in [-0.05, 0) is 18.2 Å². The van der Waals surface area contributed by atoms with Crippen molar-refractivity contribution in [2.45, 2.75) is 6.92 Å². The Labute approximate surface area is 129 Å². The Morgan fingerprint density at radius 3 is 2.73 bits per heavy atom. The van der Waals surface area contributed by atoms with Crippen molar-refractivity contribution in [3.63, 3.8) is 0 Å². The Balaban J connectivity index is 1.89. The van der Waals surface area contributed by atoms with Gasteiger partial charge < -0.3 is 16.0 Å². The average molecular weight is 308 g/mol. The Morgan fingerprint density at radius 2 is 2.05 bits per heavy atom. The second-order valence-corrected chi connectivity index (χ2v) is 5.22. The van der Waals surface area contributed by atoms with Gasteiger partial charge in [0.15, 0.2) is 0 Å². The molecule has 22 heavy (non-hydrogen) atoms. The smallest absolute Gasteiger partial charge is 0.254 e. The summed E-state index contributed by atoms with van der Waals surface area (Å²) in [6, 6.07) is 3.95. The summed E-state index contributed by atoms with van der Waals surface area (Å²) < 4.78 is 13.7. The summed E-state index contributed by atoms with van der Waals surface area (Å²) in [7, 11) is 0. The first kappa shape index (κ1) is 16.4. The van der Waals surface area contributed by atoms with Crippen molar-refractivity contribution in [1.29, 1.82) is 0 Å². The first-order chi connectivity index (χ1) is 10.6. The Morgan fingerprint density at radius 1 is 1.32 bits per heavy atom. The van der Waals surface area contributed by atoms with E-state index in [2.05, 4.69) is 20.9 Å². The molecule has 1 heterocycles. The zero-order valence-electron chi connectivity index (χ0n) is 12.6. The van der Waals surface area contributed by atoms with Crippen LogP contribution in [0, 0.1) is 5.82 Å². The first-order valence-electron chi connectivity index (χ1n) is 7.34. The molecule has 1 saturated heterocycles. The van der Waals surface area contributed by atoms with Crippen LogP contribution in [0.25, 0.3) is 0 Å². The van der Waals surface area contributed by atoms with Gasteiger partial charge in [-0.15, -0.1) is 0 Å². The lowest BCUT2D eigenvalue weighted by Crippen LogP contribution is -2.46. The van der Waals surface area contributed by atoms with Crippen LogP contribution >= 0.6 is 0 Å². The molecule has 1 aromatic rings. The molecule has 0 bridgehead atoms. The van der Waals surface area contributed by atoms with Crippen LogP contribution < -0.4 is 16.0 Å². The lowest BCUT2D eigenvalue weighted by Gasteiger charge is -2.27. The number of piperazine rings is 1. The van der Waals surface area contributed by atoms with Gasteiger partial charge in [0.2, 0.25) is 5.91 Å². The van der Waals surface area contributed by atoms with Crippen LogP contribution in [-0.2, 0) is 4.79 Å². The highest BCUT2D eigenvalue weighted by molar-refractivity contribution is 5.97. The maximum Gasteiger partial charge on any atom is 0.254 e. The topological polar surface area (TPSA) is 73.5 Å². The van der Waals surface area contributed by atoms with E-state index >= 15 is 0 Å². The van der Waals surface area contributed by atoms with Gasteiger partial charge in [0, 0.05) is 51.9 Å². The van der Waals surface area contributed by atoms with Crippen molar-refractivity contribution >= 4 is 17.5 Å². The molecule has 7 heteroatoms. The second-order valence-electron chi connectivity index (χ2n) is 5.22. The Kier molecular flexibility index (Phi) is 5.85. The fourth-order valence-electron chi connectivity index (χ4n) is 2.34. The summed E-state index contributed by atoms with van der Waals surface area (Å²) in [5.41, 5.74) is 0.340. The molecule has 0 atom stereocenters. The molecule has 0 spiro atoms. The Bertz CT molecular complexity index is 544. The number of rotatable bonds is 5. The molecule has 3 N–H and O–H groups in total. The van der Waals surface area contributed by atoms with Gasteiger partial charge in [-0.1, -0.05) is 0 Å². The molecule has 0 saturated carbocycles. The monoisotopic (exact) mass is 308 g/mol. The zero-order chi connectivity index (χ0) is 15.9. The van der Waals surface area contributed by atoms with E-state index in [0.717, 1.165) is 32.7 Å². The van der Waals surface area contributed by atoms with Gasteiger partial charge in [0.05, 0.1) is 5.56 Å². The van der Waals surface area contributed by atoms with Crippen molar-refractivity contribution < 1.29 is 14.0 Å². The van der Waals surface area contributed by atoms with Crippen molar-refractivity contribution in [2.24, 2.45) is 0 Å². The minimum absolute atomic E-state index is 0.0634. The quantitative estimate of drug-likeness (QED) is 0.737. The molecular formula is C15H21FN4O2. The number of carbonyl (C=O) groups is 2. The number of nitrogens with one attached hydrogen (secondary N) is 3. The highest BCUT2D eigenvalue weighted by Gasteiger charge is 2.14. The third-order valence-corrected chi connectivity index (χ3v) is 3.45.